The van der Waals surface area contributed by atoms with Crippen molar-refractivity contribution in [3.63, 3.8) is 0 Å². The van der Waals surface area contributed by atoms with Gasteiger partial charge in [0.05, 0.1) is 11.3 Å². The van der Waals surface area contributed by atoms with Crippen LogP contribution in [0.2, 0.25) is 0 Å². The van der Waals surface area contributed by atoms with Crippen molar-refractivity contribution in [2.45, 2.75) is 56.5 Å². The minimum atomic E-state index is 0.138. The number of hydrogen-bond acceptors (Lipinski definition) is 3. The van der Waals surface area contributed by atoms with Gasteiger partial charge < -0.3 is 5.32 Å². The SMILES string of the molecule is CCc1cc2ccccc2nc1SCC(=O)NC1CCCCC1. The number of thioether (sulfide) groups is 1. The molecular weight excluding hydrogens is 304 g/mol. The van der Waals surface area contributed by atoms with Gasteiger partial charge in [-0.1, -0.05) is 56.1 Å². The number of rotatable bonds is 5. The van der Waals surface area contributed by atoms with Crippen LogP contribution < -0.4 is 5.32 Å². The summed E-state index contributed by atoms with van der Waals surface area (Å²) in [4.78, 5) is 16.9. The number of benzene rings is 1. The van der Waals surface area contributed by atoms with Crippen LogP contribution in [0.3, 0.4) is 0 Å². The number of pyridine rings is 1. The van der Waals surface area contributed by atoms with E-state index in [-0.39, 0.29) is 5.91 Å². The van der Waals surface area contributed by atoms with Crippen LogP contribution in [0.5, 0.6) is 0 Å². The first kappa shape index (κ1) is 16.3. The molecule has 0 bridgehead atoms. The van der Waals surface area contributed by atoms with Crippen molar-refractivity contribution in [3.05, 3.63) is 35.9 Å². The maximum atomic E-state index is 12.2. The molecule has 3 nitrogen and oxygen atoms in total. The zero-order valence-corrected chi connectivity index (χ0v) is 14.5. The normalized spacial score (nSPS) is 15.7. The van der Waals surface area contributed by atoms with E-state index in [1.54, 1.807) is 11.8 Å². The highest BCUT2D eigenvalue weighted by molar-refractivity contribution is 7.99. The molecule has 0 saturated heterocycles. The van der Waals surface area contributed by atoms with E-state index in [0.29, 0.717) is 11.8 Å². The molecule has 3 rings (SSSR count). The van der Waals surface area contributed by atoms with E-state index in [1.165, 1.54) is 30.2 Å². The van der Waals surface area contributed by atoms with Crippen LogP contribution in [-0.2, 0) is 11.2 Å². The first-order valence-electron chi connectivity index (χ1n) is 8.57. The molecule has 0 aliphatic heterocycles. The Labute approximate surface area is 142 Å². The number of hydrogen-bond donors (Lipinski definition) is 1. The first-order chi connectivity index (χ1) is 11.3. The largest absolute Gasteiger partial charge is 0.353 e. The van der Waals surface area contributed by atoms with E-state index < -0.39 is 0 Å². The van der Waals surface area contributed by atoms with Crippen LogP contribution in [-0.4, -0.2) is 22.7 Å². The van der Waals surface area contributed by atoms with E-state index >= 15 is 0 Å². The fourth-order valence-electron chi connectivity index (χ4n) is 3.17. The number of aryl methyl sites for hydroxylation is 1. The number of carbonyl (C=O) groups is 1. The van der Waals surface area contributed by atoms with Crippen LogP contribution in [0.4, 0.5) is 0 Å². The number of nitrogens with one attached hydrogen (secondary N) is 1. The minimum absolute atomic E-state index is 0.138. The molecule has 0 atom stereocenters. The number of carbonyl (C=O) groups excluding carboxylic acids is 1. The molecule has 1 aliphatic carbocycles. The molecule has 1 heterocycles. The first-order valence-corrected chi connectivity index (χ1v) is 9.55. The molecule has 0 radical (unpaired) electrons. The van der Waals surface area contributed by atoms with E-state index in [2.05, 4.69) is 24.4 Å². The molecule has 1 fully saturated rings. The summed E-state index contributed by atoms with van der Waals surface area (Å²) >= 11 is 1.56. The predicted molar refractivity (Wildman–Crippen MR) is 96.9 cm³/mol. The summed E-state index contributed by atoms with van der Waals surface area (Å²) in [6.45, 7) is 2.14. The lowest BCUT2D eigenvalue weighted by atomic mass is 9.95. The van der Waals surface area contributed by atoms with E-state index in [4.69, 9.17) is 4.98 Å². The third kappa shape index (κ3) is 4.25. The molecule has 1 saturated carbocycles. The third-order valence-corrected chi connectivity index (χ3v) is 5.49. The van der Waals surface area contributed by atoms with Crippen LogP contribution in [0.1, 0.15) is 44.6 Å². The van der Waals surface area contributed by atoms with Gasteiger partial charge in [0.15, 0.2) is 0 Å². The predicted octanol–water partition coefficient (Wildman–Crippen LogP) is 4.34. The molecule has 1 amide bonds. The van der Waals surface area contributed by atoms with Crippen molar-refractivity contribution in [3.8, 4) is 0 Å². The van der Waals surface area contributed by atoms with Crippen molar-refractivity contribution in [1.82, 2.24) is 10.3 Å². The molecule has 2 aromatic rings. The van der Waals surface area contributed by atoms with E-state index in [0.717, 1.165) is 29.8 Å². The lowest BCUT2D eigenvalue weighted by Crippen LogP contribution is -2.37. The summed E-state index contributed by atoms with van der Waals surface area (Å²) in [6.07, 6.45) is 6.98. The second kappa shape index (κ2) is 7.82. The zero-order chi connectivity index (χ0) is 16.1. The molecular formula is C19H24N2OS. The topological polar surface area (TPSA) is 42.0 Å². The highest BCUT2D eigenvalue weighted by atomic mass is 32.2. The number of nitrogens with zero attached hydrogens (tertiary/aromatic N) is 1. The maximum Gasteiger partial charge on any atom is 0.230 e. The molecule has 1 aromatic heterocycles. The van der Waals surface area contributed by atoms with E-state index in [9.17, 15) is 4.79 Å². The van der Waals surface area contributed by atoms with Crippen LogP contribution in [0.15, 0.2) is 35.4 Å². The highest BCUT2D eigenvalue weighted by Crippen LogP contribution is 2.25. The van der Waals surface area contributed by atoms with Crippen molar-refractivity contribution in [1.29, 1.82) is 0 Å². The fourth-order valence-corrected chi connectivity index (χ4v) is 4.07. The monoisotopic (exact) mass is 328 g/mol. The molecule has 4 heteroatoms. The Kier molecular flexibility index (Phi) is 5.55. The smallest absolute Gasteiger partial charge is 0.230 e. The van der Waals surface area contributed by atoms with Crippen LogP contribution >= 0.6 is 11.8 Å². The van der Waals surface area contributed by atoms with Crippen LogP contribution in [0, 0.1) is 0 Å². The van der Waals surface area contributed by atoms with Gasteiger partial charge >= 0.3 is 0 Å². The fraction of sp³-hybridized carbons (Fsp3) is 0.474. The average molecular weight is 328 g/mol. The molecule has 1 aliphatic rings. The zero-order valence-electron chi connectivity index (χ0n) is 13.7. The third-order valence-electron chi connectivity index (χ3n) is 4.45. The van der Waals surface area contributed by atoms with Crippen molar-refractivity contribution in [2.24, 2.45) is 0 Å². The van der Waals surface area contributed by atoms with Crippen molar-refractivity contribution >= 4 is 28.6 Å². The Balaban J connectivity index is 1.64. The summed E-state index contributed by atoms with van der Waals surface area (Å²) < 4.78 is 0. The summed E-state index contributed by atoms with van der Waals surface area (Å²) in [5.41, 5.74) is 2.22. The second-order valence-corrected chi connectivity index (χ2v) is 7.15. The standard InChI is InChI=1S/C19H24N2OS/c1-2-14-12-15-8-6-7-11-17(15)21-19(14)23-13-18(22)20-16-9-4-3-5-10-16/h6-8,11-12,16H,2-5,9-10,13H2,1H3,(H,20,22). The van der Waals surface area contributed by atoms with Gasteiger partial charge in [0.25, 0.3) is 0 Å². The van der Waals surface area contributed by atoms with Gasteiger partial charge in [-0.3, -0.25) is 4.79 Å². The Morgan fingerprint density at radius 2 is 2.04 bits per heavy atom. The molecule has 0 spiro atoms. The number of aromatic nitrogens is 1. The lowest BCUT2D eigenvalue weighted by Gasteiger charge is -2.22. The van der Waals surface area contributed by atoms with Gasteiger partial charge in [-0.05, 0) is 37.0 Å². The molecule has 1 N–H and O–H groups in total. The van der Waals surface area contributed by atoms with E-state index in [1.807, 2.05) is 18.2 Å². The summed E-state index contributed by atoms with van der Waals surface area (Å²) in [5.74, 6) is 0.591. The lowest BCUT2D eigenvalue weighted by molar-refractivity contribution is -0.119. The van der Waals surface area contributed by atoms with Gasteiger partial charge in [0.1, 0.15) is 5.03 Å². The summed E-state index contributed by atoms with van der Waals surface area (Å²) in [6, 6.07) is 10.7. The molecule has 1 aromatic carbocycles. The Hall–Kier alpha value is -1.55. The number of fused-ring (bicyclic) bond motifs is 1. The second-order valence-electron chi connectivity index (χ2n) is 6.19. The van der Waals surface area contributed by atoms with Crippen molar-refractivity contribution < 1.29 is 4.79 Å². The number of para-hydroxylation sites is 1. The average Bonchev–Trinajstić information content (AvgIpc) is 2.60. The van der Waals surface area contributed by atoms with Crippen LogP contribution in [0.25, 0.3) is 10.9 Å². The van der Waals surface area contributed by atoms with Gasteiger partial charge in [-0.2, -0.15) is 0 Å². The molecule has 122 valence electrons. The van der Waals surface area contributed by atoms with Gasteiger partial charge in [0, 0.05) is 11.4 Å². The summed E-state index contributed by atoms with van der Waals surface area (Å²) in [5, 5.41) is 5.33. The summed E-state index contributed by atoms with van der Waals surface area (Å²) in [7, 11) is 0. The van der Waals surface area contributed by atoms with Crippen molar-refractivity contribution in [2.75, 3.05) is 5.75 Å². The van der Waals surface area contributed by atoms with Gasteiger partial charge in [-0.15, -0.1) is 0 Å². The Bertz CT molecular complexity index is 680. The maximum absolute atomic E-state index is 12.2. The Morgan fingerprint density at radius 1 is 1.26 bits per heavy atom. The van der Waals surface area contributed by atoms with Gasteiger partial charge in [-0.25, -0.2) is 4.98 Å². The molecule has 0 unspecified atom stereocenters. The quantitative estimate of drug-likeness (QED) is 0.830. The highest BCUT2D eigenvalue weighted by Gasteiger charge is 2.16. The Morgan fingerprint density at radius 3 is 2.83 bits per heavy atom. The minimum Gasteiger partial charge on any atom is -0.353 e. The van der Waals surface area contributed by atoms with Gasteiger partial charge in [0.2, 0.25) is 5.91 Å². The molecule has 23 heavy (non-hydrogen) atoms. The number of amides is 1.